The van der Waals surface area contributed by atoms with E-state index in [2.05, 4.69) is 26.6 Å². The summed E-state index contributed by atoms with van der Waals surface area (Å²) in [4.78, 5) is 151. The molecule has 1 unspecified atom stereocenters. The van der Waals surface area contributed by atoms with E-state index in [4.69, 9.17) is 53.1 Å². The molecular formula is C63H112N10O23. The maximum absolute atomic E-state index is 12.9. The predicted molar refractivity (Wildman–Crippen MR) is 346 cm³/mol. The fourth-order valence-corrected chi connectivity index (χ4v) is 9.44. The van der Waals surface area contributed by atoms with Gasteiger partial charge in [-0.25, -0.2) is 0 Å². The first-order chi connectivity index (χ1) is 46.5. The normalized spacial score (nSPS) is 14.3. The van der Waals surface area contributed by atoms with Crippen molar-refractivity contribution in [3.63, 3.8) is 0 Å². The molecule has 1 fully saturated rings. The molecule has 0 bridgehead atoms. The highest BCUT2D eigenvalue weighted by Crippen LogP contribution is 2.16. The highest BCUT2D eigenvalue weighted by molar-refractivity contribution is 5.87. The smallest absolute Gasteiger partial charge is 0.317 e. The number of nitrogens with two attached hydrogens (primary N) is 1. The quantitative estimate of drug-likeness (QED) is 0.0208. The lowest BCUT2D eigenvalue weighted by Gasteiger charge is -2.33. The zero-order valence-corrected chi connectivity index (χ0v) is 56.8. The van der Waals surface area contributed by atoms with Gasteiger partial charge in [0.2, 0.25) is 29.5 Å². The minimum absolute atomic E-state index is 0.00886. The lowest BCUT2D eigenvalue weighted by atomic mass is 9.95. The Labute approximate surface area is 564 Å². The van der Waals surface area contributed by atoms with Crippen molar-refractivity contribution in [1.29, 1.82) is 0 Å². The minimum atomic E-state index is -0.994. The van der Waals surface area contributed by atoms with Gasteiger partial charge in [-0.05, 0) is 51.9 Å². The number of primary amides is 1. The van der Waals surface area contributed by atoms with Crippen LogP contribution in [0.2, 0.25) is 0 Å². The number of aliphatic carboxylic acids is 1. The van der Waals surface area contributed by atoms with Gasteiger partial charge >= 0.3 is 5.97 Å². The van der Waals surface area contributed by atoms with Crippen LogP contribution in [-0.2, 0) is 105 Å². The Balaban J connectivity index is 2.10. The standard InChI is InChI=1S/C63H112N10O23/c1-3-52(62(64)85)12-6-5-7-14-54(76)42-90-36-37-92-46-65-39-57(79)45-91-35-33-87-30-19-68-59(81)17-10-16-58(80)67-18-9-8-13-53(63(86)66-4-2)38-56(78)44-94-51-93-29-11-15-55(77)43-89-34-32-88-31-20-69-60(82)40-70-21-22-71(41-61(83)84)24-26-73(48-96-50-75)28-27-72(25-23-70)47-95-49-74/h49-50,52-53,65H,3-48,51H2,1-2H3,(H2,64,85)(H,66,86)(H,67,80)(H,68,81)(H,69,82)(H,83,84)/t52?,53-/m1/s1. The highest BCUT2D eigenvalue weighted by atomic mass is 16.7. The molecule has 96 heavy (non-hydrogen) atoms. The molecule has 5 amide bonds. The van der Waals surface area contributed by atoms with E-state index in [0.717, 1.165) is 32.1 Å². The summed E-state index contributed by atoms with van der Waals surface area (Å²) in [6, 6.07) is 0. The molecule has 1 heterocycles. The summed E-state index contributed by atoms with van der Waals surface area (Å²) in [5, 5.41) is 23.5. The number of unbranched alkanes of at least 4 members (excludes halogenated alkanes) is 3. The Morgan fingerprint density at radius 2 is 0.948 bits per heavy atom. The number of carbonyl (C=O) groups is 12. The topological polar surface area (TPSA) is 417 Å². The molecule has 1 aliphatic heterocycles. The van der Waals surface area contributed by atoms with Crippen molar-refractivity contribution in [2.45, 2.75) is 110 Å². The van der Waals surface area contributed by atoms with Gasteiger partial charge < -0.3 is 79.5 Å². The Hall–Kier alpha value is -6.08. The van der Waals surface area contributed by atoms with Crippen LogP contribution in [0.15, 0.2) is 0 Å². The molecule has 1 saturated heterocycles. The van der Waals surface area contributed by atoms with Crippen molar-refractivity contribution < 1.29 is 110 Å². The summed E-state index contributed by atoms with van der Waals surface area (Å²) in [6.07, 6.45) is 7.14. The third-order valence-electron chi connectivity index (χ3n) is 14.8. The molecule has 33 nitrogen and oxygen atoms in total. The van der Waals surface area contributed by atoms with Gasteiger partial charge in [-0.2, -0.15) is 0 Å². The molecule has 1 rings (SSSR count). The number of amides is 5. The molecule has 0 radical (unpaired) electrons. The Bertz CT molecular complexity index is 2170. The van der Waals surface area contributed by atoms with E-state index in [9.17, 15) is 62.6 Å². The number of carboxylic acid groups (broad SMARTS) is 1. The van der Waals surface area contributed by atoms with E-state index in [-0.39, 0.29) is 230 Å². The number of carboxylic acids is 1. The van der Waals surface area contributed by atoms with E-state index in [1.807, 2.05) is 21.6 Å². The minimum Gasteiger partial charge on any atom is -0.480 e. The monoisotopic (exact) mass is 1380 g/mol. The van der Waals surface area contributed by atoms with Crippen molar-refractivity contribution in [3.05, 3.63) is 0 Å². The molecule has 0 saturated carbocycles. The van der Waals surface area contributed by atoms with Gasteiger partial charge in [0.25, 0.3) is 12.9 Å². The Morgan fingerprint density at radius 1 is 0.458 bits per heavy atom. The Kier molecular flexibility index (Phi) is 56.1. The fraction of sp³-hybridized carbons (Fsp3) is 0.810. The van der Waals surface area contributed by atoms with E-state index in [1.54, 1.807) is 11.8 Å². The second-order valence-electron chi connectivity index (χ2n) is 22.8. The van der Waals surface area contributed by atoms with Gasteiger partial charge in [-0.15, -0.1) is 0 Å². The van der Waals surface area contributed by atoms with Gasteiger partial charge in [0.05, 0.1) is 79.2 Å². The maximum Gasteiger partial charge on any atom is 0.317 e. The molecule has 0 aromatic rings. The molecular weight excluding hydrogens is 1260 g/mol. The number of Topliss-reactive ketones (excluding diaryl/α,β-unsaturated/α-hetero) is 4. The van der Waals surface area contributed by atoms with Crippen molar-refractivity contribution >= 4 is 71.6 Å². The van der Waals surface area contributed by atoms with Crippen LogP contribution >= 0.6 is 0 Å². The first kappa shape index (κ1) is 87.9. The van der Waals surface area contributed by atoms with Crippen LogP contribution < -0.4 is 32.3 Å². The van der Waals surface area contributed by atoms with Crippen molar-refractivity contribution in [1.82, 2.24) is 46.2 Å². The van der Waals surface area contributed by atoms with Crippen LogP contribution in [0.1, 0.15) is 110 Å². The third kappa shape index (κ3) is 53.0. The van der Waals surface area contributed by atoms with E-state index >= 15 is 0 Å². The second kappa shape index (κ2) is 61.3. The number of nitrogens with one attached hydrogen (secondary N) is 5. The average Bonchev–Trinajstić information content (AvgIpc) is 2.13. The number of nitrogens with zero attached hydrogens (tertiary/aromatic N) is 4. The van der Waals surface area contributed by atoms with E-state index in [1.165, 1.54) is 0 Å². The molecule has 0 spiro atoms. The zero-order valence-electron chi connectivity index (χ0n) is 56.8. The number of carbonyl (C=O) groups excluding carboxylic acids is 11. The largest absolute Gasteiger partial charge is 0.480 e. The number of rotatable bonds is 64. The van der Waals surface area contributed by atoms with Crippen LogP contribution in [0.4, 0.5) is 0 Å². The van der Waals surface area contributed by atoms with Crippen molar-refractivity contribution in [2.24, 2.45) is 17.6 Å². The summed E-state index contributed by atoms with van der Waals surface area (Å²) in [6.45, 7) is 10.3. The Morgan fingerprint density at radius 3 is 1.50 bits per heavy atom. The molecule has 33 heteroatoms. The lowest BCUT2D eigenvalue weighted by molar-refractivity contribution is -0.139. The molecule has 0 aliphatic carbocycles. The highest BCUT2D eigenvalue weighted by Gasteiger charge is 2.23. The maximum atomic E-state index is 12.9. The zero-order chi connectivity index (χ0) is 70.5. The molecule has 552 valence electrons. The van der Waals surface area contributed by atoms with Gasteiger partial charge in [-0.1, -0.05) is 26.2 Å². The summed E-state index contributed by atoms with van der Waals surface area (Å²) >= 11 is 0. The molecule has 1 aliphatic rings. The third-order valence-corrected chi connectivity index (χ3v) is 14.8. The molecule has 2 atom stereocenters. The van der Waals surface area contributed by atoms with Gasteiger partial charge in [0, 0.05) is 129 Å². The van der Waals surface area contributed by atoms with Gasteiger partial charge in [-0.3, -0.25) is 82.5 Å². The van der Waals surface area contributed by atoms with Gasteiger partial charge in [0.15, 0.2) is 23.1 Å². The van der Waals surface area contributed by atoms with Crippen LogP contribution in [-0.4, -0.2) is 307 Å². The van der Waals surface area contributed by atoms with Crippen molar-refractivity contribution in [3.8, 4) is 0 Å². The fourth-order valence-electron chi connectivity index (χ4n) is 9.44. The van der Waals surface area contributed by atoms with E-state index < -0.39 is 11.9 Å². The number of hydrogen-bond acceptors (Lipinski definition) is 27. The van der Waals surface area contributed by atoms with Gasteiger partial charge in [0.1, 0.15) is 46.7 Å². The summed E-state index contributed by atoms with van der Waals surface area (Å²) in [5.74, 6) is -3.47. The van der Waals surface area contributed by atoms with Crippen molar-refractivity contribution in [2.75, 3.05) is 211 Å². The first-order valence-corrected chi connectivity index (χ1v) is 33.5. The second-order valence-corrected chi connectivity index (χ2v) is 22.8. The van der Waals surface area contributed by atoms with Crippen LogP contribution in [0.3, 0.4) is 0 Å². The predicted octanol–water partition coefficient (Wildman–Crippen LogP) is -1.46. The molecule has 0 aromatic heterocycles. The summed E-state index contributed by atoms with van der Waals surface area (Å²) in [5.41, 5.74) is 5.36. The molecule has 0 aromatic carbocycles. The van der Waals surface area contributed by atoms with Crippen LogP contribution in [0.25, 0.3) is 0 Å². The van der Waals surface area contributed by atoms with Crippen LogP contribution in [0.5, 0.6) is 0 Å². The summed E-state index contributed by atoms with van der Waals surface area (Å²) < 4.78 is 53.2. The summed E-state index contributed by atoms with van der Waals surface area (Å²) in [7, 11) is 0. The number of ketones is 4. The lowest BCUT2D eigenvalue weighted by Crippen LogP contribution is -2.49. The SMILES string of the molecule is CCNC(=O)[C@H](CCCCNC(=O)CCCC(=O)NCCOCCOCC(=O)CNCOCCOCC(=O)CCCCCC(CC)C(N)=O)CC(=O)COCOCCCC(=O)COCCOCCNC(=O)CN1CCN(COC=O)CCN(COC=O)CCN(CC(=O)O)CC1. The van der Waals surface area contributed by atoms with Crippen LogP contribution in [0, 0.1) is 11.8 Å². The number of hydrogen-bond donors (Lipinski definition) is 7. The van der Waals surface area contributed by atoms with E-state index in [0.29, 0.717) is 117 Å². The molecule has 8 N–H and O–H groups in total. The number of ether oxygens (including phenoxy) is 10. The first-order valence-electron chi connectivity index (χ1n) is 33.5. The average molecular weight is 1380 g/mol.